The molecule has 0 unspecified atom stereocenters. The van der Waals surface area contributed by atoms with Crippen LogP contribution < -0.4 is 10.6 Å². The lowest BCUT2D eigenvalue weighted by atomic mass is 10.1. The number of halogens is 1. The first-order valence-corrected chi connectivity index (χ1v) is 7.91. The molecule has 108 valence electrons. The molecule has 0 bridgehead atoms. The lowest BCUT2D eigenvalue weighted by Gasteiger charge is -2.10. The SMILES string of the molecule is Cc1cc(-c2c(C)sc(=O)n2CCCCN)ccc1Cl. The van der Waals surface area contributed by atoms with Crippen molar-refractivity contribution in [2.45, 2.75) is 33.2 Å². The Balaban J connectivity index is 2.44. The summed E-state index contributed by atoms with van der Waals surface area (Å²) < 4.78 is 1.86. The molecular weight excluding hydrogens is 292 g/mol. The Kier molecular flexibility index (Phi) is 5.02. The van der Waals surface area contributed by atoms with E-state index in [4.69, 9.17) is 17.3 Å². The summed E-state index contributed by atoms with van der Waals surface area (Å²) in [5.41, 5.74) is 8.61. The molecule has 0 radical (unpaired) electrons. The molecule has 5 heteroatoms. The van der Waals surface area contributed by atoms with E-state index >= 15 is 0 Å². The van der Waals surface area contributed by atoms with Crippen LogP contribution in [0.1, 0.15) is 23.3 Å². The summed E-state index contributed by atoms with van der Waals surface area (Å²) in [4.78, 5) is 13.2. The van der Waals surface area contributed by atoms with Crippen molar-refractivity contribution in [2.24, 2.45) is 5.73 Å². The van der Waals surface area contributed by atoms with E-state index in [9.17, 15) is 4.79 Å². The van der Waals surface area contributed by atoms with Gasteiger partial charge in [0.2, 0.25) is 0 Å². The molecule has 20 heavy (non-hydrogen) atoms. The number of nitrogens with zero attached hydrogens (tertiary/aromatic N) is 1. The van der Waals surface area contributed by atoms with Crippen LogP contribution in [0.15, 0.2) is 23.0 Å². The Morgan fingerprint density at radius 1 is 1.30 bits per heavy atom. The second-order valence-electron chi connectivity index (χ2n) is 4.88. The topological polar surface area (TPSA) is 48.0 Å². The Hall–Kier alpha value is -1.10. The number of aryl methyl sites for hydroxylation is 2. The molecule has 1 heterocycles. The molecule has 0 aliphatic rings. The number of benzene rings is 1. The molecule has 1 aromatic heterocycles. The third kappa shape index (κ3) is 3.14. The molecule has 2 rings (SSSR count). The molecule has 0 atom stereocenters. The molecule has 0 aliphatic heterocycles. The predicted molar refractivity (Wildman–Crippen MR) is 86.8 cm³/mol. The average molecular weight is 311 g/mol. The fourth-order valence-corrected chi connectivity index (χ4v) is 3.28. The van der Waals surface area contributed by atoms with E-state index in [2.05, 4.69) is 0 Å². The molecule has 0 spiro atoms. The minimum Gasteiger partial charge on any atom is -0.330 e. The first kappa shape index (κ1) is 15.3. The van der Waals surface area contributed by atoms with E-state index in [1.807, 2.05) is 36.6 Å². The van der Waals surface area contributed by atoms with Crippen molar-refractivity contribution in [3.63, 3.8) is 0 Å². The Morgan fingerprint density at radius 2 is 2.05 bits per heavy atom. The Labute approximate surface area is 128 Å². The molecule has 2 N–H and O–H groups in total. The van der Waals surface area contributed by atoms with Crippen LogP contribution in [-0.2, 0) is 6.54 Å². The fourth-order valence-electron chi connectivity index (χ4n) is 2.28. The van der Waals surface area contributed by atoms with Crippen molar-refractivity contribution >= 4 is 22.9 Å². The van der Waals surface area contributed by atoms with Gasteiger partial charge in [-0.2, -0.15) is 0 Å². The zero-order valence-corrected chi connectivity index (χ0v) is 13.4. The van der Waals surface area contributed by atoms with E-state index in [0.717, 1.165) is 46.1 Å². The molecule has 0 saturated heterocycles. The zero-order chi connectivity index (χ0) is 14.7. The van der Waals surface area contributed by atoms with Gasteiger partial charge in [0.1, 0.15) is 0 Å². The first-order chi connectivity index (χ1) is 9.54. The Morgan fingerprint density at radius 3 is 2.70 bits per heavy atom. The lowest BCUT2D eigenvalue weighted by Crippen LogP contribution is -2.15. The second-order valence-corrected chi connectivity index (χ2v) is 6.46. The van der Waals surface area contributed by atoms with Crippen LogP contribution in [0.4, 0.5) is 0 Å². The van der Waals surface area contributed by atoms with Crippen LogP contribution in [0.3, 0.4) is 0 Å². The van der Waals surface area contributed by atoms with Crippen LogP contribution in [0.25, 0.3) is 11.3 Å². The summed E-state index contributed by atoms with van der Waals surface area (Å²) in [6.07, 6.45) is 1.85. The molecule has 3 nitrogen and oxygen atoms in total. The van der Waals surface area contributed by atoms with E-state index in [-0.39, 0.29) is 4.87 Å². The summed E-state index contributed by atoms with van der Waals surface area (Å²) >= 11 is 7.38. The van der Waals surface area contributed by atoms with E-state index in [0.29, 0.717) is 6.54 Å². The number of thiazole rings is 1. The third-order valence-corrected chi connectivity index (χ3v) is 4.65. The molecule has 1 aromatic carbocycles. The third-order valence-electron chi connectivity index (χ3n) is 3.33. The van der Waals surface area contributed by atoms with Crippen molar-refractivity contribution in [2.75, 3.05) is 6.54 Å². The van der Waals surface area contributed by atoms with Crippen molar-refractivity contribution in [3.8, 4) is 11.3 Å². The zero-order valence-electron chi connectivity index (χ0n) is 11.8. The number of rotatable bonds is 5. The van der Waals surface area contributed by atoms with Gasteiger partial charge in [-0.1, -0.05) is 29.0 Å². The molecule has 0 amide bonds. The van der Waals surface area contributed by atoms with Gasteiger partial charge in [0.25, 0.3) is 0 Å². The van der Waals surface area contributed by atoms with Gasteiger partial charge >= 0.3 is 4.87 Å². The van der Waals surface area contributed by atoms with Gasteiger partial charge in [0, 0.05) is 16.4 Å². The predicted octanol–water partition coefficient (Wildman–Crippen LogP) is 3.59. The van der Waals surface area contributed by atoms with E-state index < -0.39 is 0 Å². The number of aromatic nitrogens is 1. The van der Waals surface area contributed by atoms with Crippen LogP contribution in [-0.4, -0.2) is 11.1 Å². The number of unbranched alkanes of at least 4 members (excludes halogenated alkanes) is 1. The maximum Gasteiger partial charge on any atom is 0.307 e. The minimum atomic E-state index is 0.0992. The largest absolute Gasteiger partial charge is 0.330 e. The van der Waals surface area contributed by atoms with Crippen molar-refractivity contribution in [3.05, 3.63) is 43.3 Å². The smallest absolute Gasteiger partial charge is 0.307 e. The highest BCUT2D eigenvalue weighted by Gasteiger charge is 2.14. The van der Waals surface area contributed by atoms with Gasteiger partial charge in [0.05, 0.1) is 5.69 Å². The summed E-state index contributed by atoms with van der Waals surface area (Å²) in [7, 11) is 0. The molecule has 0 aliphatic carbocycles. The highest BCUT2D eigenvalue weighted by atomic mass is 35.5. The van der Waals surface area contributed by atoms with Gasteiger partial charge in [-0.05, 0) is 56.5 Å². The number of hydrogen-bond donors (Lipinski definition) is 1. The van der Waals surface area contributed by atoms with Crippen LogP contribution in [0.5, 0.6) is 0 Å². The van der Waals surface area contributed by atoms with Crippen molar-refractivity contribution in [1.82, 2.24) is 4.57 Å². The lowest BCUT2D eigenvalue weighted by molar-refractivity contribution is 0.612. The molecule has 0 fully saturated rings. The quantitative estimate of drug-likeness (QED) is 0.858. The van der Waals surface area contributed by atoms with Gasteiger partial charge in [-0.3, -0.25) is 9.36 Å². The molecule has 2 aromatic rings. The highest BCUT2D eigenvalue weighted by molar-refractivity contribution is 7.09. The minimum absolute atomic E-state index is 0.0992. The average Bonchev–Trinajstić information content (AvgIpc) is 2.68. The first-order valence-electron chi connectivity index (χ1n) is 6.71. The normalized spacial score (nSPS) is 11.0. The summed E-state index contributed by atoms with van der Waals surface area (Å²) in [6.45, 7) is 5.35. The summed E-state index contributed by atoms with van der Waals surface area (Å²) in [5, 5.41) is 0.749. The summed E-state index contributed by atoms with van der Waals surface area (Å²) in [5.74, 6) is 0. The second kappa shape index (κ2) is 6.57. The maximum atomic E-state index is 12.1. The fraction of sp³-hybridized carbons (Fsp3) is 0.400. The molecular formula is C15H19ClN2OS. The number of hydrogen-bond acceptors (Lipinski definition) is 3. The summed E-state index contributed by atoms with van der Waals surface area (Å²) in [6, 6.07) is 5.90. The van der Waals surface area contributed by atoms with Gasteiger partial charge < -0.3 is 5.73 Å². The van der Waals surface area contributed by atoms with Gasteiger partial charge in [-0.15, -0.1) is 0 Å². The number of nitrogens with two attached hydrogens (primary N) is 1. The highest BCUT2D eigenvalue weighted by Crippen LogP contribution is 2.28. The van der Waals surface area contributed by atoms with Crippen LogP contribution >= 0.6 is 22.9 Å². The van der Waals surface area contributed by atoms with Crippen molar-refractivity contribution in [1.29, 1.82) is 0 Å². The maximum absolute atomic E-state index is 12.1. The van der Waals surface area contributed by atoms with Crippen molar-refractivity contribution < 1.29 is 0 Å². The van der Waals surface area contributed by atoms with E-state index in [1.54, 1.807) is 0 Å². The van der Waals surface area contributed by atoms with Crippen LogP contribution in [0, 0.1) is 13.8 Å². The van der Waals surface area contributed by atoms with Gasteiger partial charge in [-0.25, -0.2) is 0 Å². The Bertz CT molecular complexity index is 660. The monoisotopic (exact) mass is 310 g/mol. The van der Waals surface area contributed by atoms with Crippen LogP contribution in [0.2, 0.25) is 5.02 Å². The standard InChI is InChI=1S/C15H19ClN2OS/c1-10-9-12(5-6-13(10)16)14-11(2)20-15(19)18(14)8-4-3-7-17/h5-6,9H,3-4,7-8,17H2,1-2H3. The van der Waals surface area contributed by atoms with Gasteiger partial charge in [0.15, 0.2) is 0 Å². The van der Waals surface area contributed by atoms with E-state index in [1.165, 1.54) is 11.3 Å². The molecule has 0 saturated carbocycles.